The molecule has 0 aliphatic carbocycles. The van der Waals surface area contributed by atoms with Gasteiger partial charge in [0, 0.05) is 6.61 Å². The number of amides is 1. The summed E-state index contributed by atoms with van der Waals surface area (Å²) in [7, 11) is 0. The quantitative estimate of drug-likeness (QED) is 0.601. The maximum atomic E-state index is 11.5. The third kappa shape index (κ3) is 5.77. The van der Waals surface area contributed by atoms with E-state index < -0.39 is 0 Å². The second-order valence-corrected chi connectivity index (χ2v) is 4.43. The number of nitrogens with one attached hydrogen (secondary N) is 1. The molecule has 0 unspecified atom stereocenters. The molecule has 1 aromatic heterocycles. The second kappa shape index (κ2) is 8.64. The van der Waals surface area contributed by atoms with E-state index in [0.717, 1.165) is 6.42 Å². The molecular weight excluding hydrogens is 252 g/mol. The van der Waals surface area contributed by atoms with Crippen molar-refractivity contribution in [3.05, 3.63) is 11.1 Å². The number of hydrogen-bond donors (Lipinski definition) is 2. The Bertz CT molecular complexity index is 434. The zero-order valence-corrected chi connectivity index (χ0v) is 11.0. The van der Waals surface area contributed by atoms with E-state index in [2.05, 4.69) is 22.1 Å². The summed E-state index contributed by atoms with van der Waals surface area (Å²) in [5.74, 6) is 5.13. The van der Waals surface area contributed by atoms with E-state index in [9.17, 15) is 4.79 Å². The molecule has 0 radical (unpaired) electrons. The predicted molar refractivity (Wildman–Crippen MR) is 70.4 cm³/mol. The Morgan fingerprint density at radius 1 is 1.61 bits per heavy atom. The van der Waals surface area contributed by atoms with Crippen LogP contribution in [-0.2, 0) is 9.53 Å². The number of anilines is 1. The van der Waals surface area contributed by atoms with Crippen molar-refractivity contribution >= 4 is 22.4 Å². The summed E-state index contributed by atoms with van der Waals surface area (Å²) in [6.07, 6.45) is 2.83. The minimum Gasteiger partial charge on any atom is -0.384 e. The highest BCUT2D eigenvalue weighted by Gasteiger charge is 2.05. The molecule has 1 heterocycles. The third-order valence-electron chi connectivity index (χ3n) is 1.86. The maximum Gasteiger partial charge on any atom is 0.228 e. The summed E-state index contributed by atoms with van der Waals surface area (Å²) in [5.41, 5.74) is 0. The Labute approximate surface area is 110 Å². The Kier molecular flexibility index (Phi) is 7.03. The van der Waals surface area contributed by atoms with Crippen molar-refractivity contribution in [3.8, 4) is 11.8 Å². The number of aliphatic hydroxyl groups is 1. The minimum absolute atomic E-state index is 0.123. The molecule has 1 aromatic rings. The van der Waals surface area contributed by atoms with Crippen LogP contribution in [0.5, 0.6) is 0 Å². The van der Waals surface area contributed by atoms with Crippen LogP contribution in [0.25, 0.3) is 0 Å². The van der Waals surface area contributed by atoms with Crippen LogP contribution in [0.2, 0.25) is 0 Å². The zero-order valence-electron chi connectivity index (χ0n) is 10.2. The lowest BCUT2D eigenvalue weighted by Gasteiger charge is -2.02. The molecule has 5 nitrogen and oxygen atoms in total. The number of aromatic nitrogens is 1. The van der Waals surface area contributed by atoms with Gasteiger partial charge < -0.3 is 15.2 Å². The van der Waals surface area contributed by atoms with E-state index in [-0.39, 0.29) is 12.5 Å². The fourth-order valence-corrected chi connectivity index (χ4v) is 1.82. The van der Waals surface area contributed by atoms with Crippen LogP contribution < -0.4 is 5.32 Å². The van der Waals surface area contributed by atoms with Crippen molar-refractivity contribution in [2.24, 2.45) is 0 Å². The molecule has 0 saturated heterocycles. The summed E-state index contributed by atoms with van der Waals surface area (Å²) in [5, 5.41) is 11.7. The van der Waals surface area contributed by atoms with Gasteiger partial charge in [-0.05, 0) is 6.42 Å². The van der Waals surface area contributed by atoms with Crippen LogP contribution in [-0.4, -0.2) is 35.8 Å². The van der Waals surface area contributed by atoms with Gasteiger partial charge in [0.15, 0.2) is 5.13 Å². The number of thiazole rings is 1. The van der Waals surface area contributed by atoms with Crippen LogP contribution in [0, 0.1) is 11.8 Å². The number of hydrogen-bond acceptors (Lipinski definition) is 5. The van der Waals surface area contributed by atoms with Gasteiger partial charge >= 0.3 is 0 Å². The van der Waals surface area contributed by atoms with Crippen molar-refractivity contribution in [1.29, 1.82) is 0 Å². The molecule has 98 valence electrons. The average molecular weight is 268 g/mol. The van der Waals surface area contributed by atoms with Crippen LogP contribution >= 0.6 is 11.3 Å². The van der Waals surface area contributed by atoms with Crippen LogP contribution in [0.1, 0.15) is 24.6 Å². The van der Waals surface area contributed by atoms with E-state index in [1.807, 2.05) is 6.92 Å². The Balaban J connectivity index is 2.33. The van der Waals surface area contributed by atoms with Crippen molar-refractivity contribution in [3.63, 3.8) is 0 Å². The fourth-order valence-electron chi connectivity index (χ4n) is 1.11. The van der Waals surface area contributed by atoms with Gasteiger partial charge in [0.1, 0.15) is 6.61 Å². The van der Waals surface area contributed by atoms with E-state index in [1.54, 1.807) is 6.20 Å². The van der Waals surface area contributed by atoms with Gasteiger partial charge in [-0.15, -0.1) is 0 Å². The smallest absolute Gasteiger partial charge is 0.228 e. The van der Waals surface area contributed by atoms with Gasteiger partial charge in [0.25, 0.3) is 0 Å². The normalized spacial score (nSPS) is 9.67. The van der Waals surface area contributed by atoms with Crippen LogP contribution in [0.15, 0.2) is 6.20 Å². The highest BCUT2D eigenvalue weighted by Crippen LogP contribution is 2.16. The summed E-state index contributed by atoms with van der Waals surface area (Å²) < 4.78 is 5.22. The molecule has 18 heavy (non-hydrogen) atoms. The lowest BCUT2D eigenvalue weighted by Crippen LogP contribution is -2.14. The van der Waals surface area contributed by atoms with Gasteiger partial charge in [-0.25, -0.2) is 4.98 Å². The van der Waals surface area contributed by atoms with E-state index >= 15 is 0 Å². The van der Waals surface area contributed by atoms with E-state index in [1.165, 1.54) is 11.3 Å². The topological polar surface area (TPSA) is 71.5 Å². The van der Waals surface area contributed by atoms with E-state index in [0.29, 0.717) is 29.6 Å². The predicted octanol–water partition coefficient (Wildman–Crippen LogP) is 1.24. The second-order valence-electron chi connectivity index (χ2n) is 3.40. The third-order valence-corrected chi connectivity index (χ3v) is 2.69. The summed E-state index contributed by atoms with van der Waals surface area (Å²) in [6, 6.07) is 0. The molecule has 6 heteroatoms. The maximum absolute atomic E-state index is 11.5. The number of ether oxygens (including phenoxy) is 1. The molecule has 0 aromatic carbocycles. The molecule has 0 saturated carbocycles. The fraction of sp³-hybridized carbons (Fsp3) is 0.500. The van der Waals surface area contributed by atoms with Gasteiger partial charge in [-0.2, -0.15) is 0 Å². The number of nitrogens with zero attached hydrogens (tertiary/aromatic N) is 1. The Hall–Kier alpha value is -1.42. The first kappa shape index (κ1) is 14.6. The minimum atomic E-state index is -0.186. The standard InChI is InChI=1S/C12H16N2O3S/c1-2-7-17-8-5-11(16)14-12-13-9-10(18-12)4-3-6-15/h9,15H,2,5-8H2,1H3,(H,13,14,16). The molecule has 1 rings (SSSR count). The molecular formula is C12H16N2O3S. The van der Waals surface area contributed by atoms with Crippen molar-refractivity contribution in [1.82, 2.24) is 4.98 Å². The first-order chi connectivity index (χ1) is 8.76. The number of aliphatic hydroxyl groups excluding tert-OH is 1. The molecule has 1 amide bonds. The molecule has 2 N–H and O–H groups in total. The highest BCUT2D eigenvalue weighted by molar-refractivity contribution is 7.16. The van der Waals surface area contributed by atoms with Crippen molar-refractivity contribution in [2.45, 2.75) is 19.8 Å². The molecule has 0 atom stereocenters. The molecule has 0 spiro atoms. The highest BCUT2D eigenvalue weighted by atomic mass is 32.1. The van der Waals surface area contributed by atoms with Gasteiger partial charge in [0.05, 0.1) is 24.1 Å². The van der Waals surface area contributed by atoms with E-state index in [4.69, 9.17) is 9.84 Å². The Morgan fingerprint density at radius 3 is 3.17 bits per heavy atom. The SMILES string of the molecule is CCCOCCC(=O)Nc1ncc(C#CCO)s1. The van der Waals surface area contributed by atoms with Crippen molar-refractivity contribution in [2.75, 3.05) is 25.1 Å². The average Bonchev–Trinajstić information content (AvgIpc) is 2.80. The summed E-state index contributed by atoms with van der Waals surface area (Å²) in [6.45, 7) is 2.92. The molecule has 0 fully saturated rings. The number of carbonyl (C=O) groups excluding carboxylic acids is 1. The summed E-state index contributed by atoms with van der Waals surface area (Å²) in [4.78, 5) is 16.2. The lowest BCUT2D eigenvalue weighted by atomic mass is 10.4. The number of rotatable bonds is 6. The van der Waals surface area contributed by atoms with Gasteiger partial charge in [-0.1, -0.05) is 30.1 Å². The Morgan fingerprint density at radius 2 is 2.44 bits per heavy atom. The number of carbonyl (C=O) groups is 1. The first-order valence-corrected chi connectivity index (χ1v) is 6.51. The molecule has 0 aliphatic rings. The zero-order chi connectivity index (χ0) is 13.2. The summed E-state index contributed by atoms with van der Waals surface area (Å²) >= 11 is 1.28. The van der Waals surface area contributed by atoms with Crippen LogP contribution in [0.4, 0.5) is 5.13 Å². The van der Waals surface area contributed by atoms with Gasteiger partial charge in [0.2, 0.25) is 5.91 Å². The van der Waals surface area contributed by atoms with Crippen molar-refractivity contribution < 1.29 is 14.6 Å². The van der Waals surface area contributed by atoms with Crippen LogP contribution in [0.3, 0.4) is 0 Å². The lowest BCUT2D eigenvalue weighted by molar-refractivity contribution is -0.117. The molecule has 0 bridgehead atoms. The largest absolute Gasteiger partial charge is 0.384 e. The van der Waals surface area contributed by atoms with Gasteiger partial charge in [-0.3, -0.25) is 4.79 Å². The first-order valence-electron chi connectivity index (χ1n) is 5.69. The molecule has 0 aliphatic heterocycles. The monoisotopic (exact) mass is 268 g/mol.